The Balaban J connectivity index is 1.24. The van der Waals surface area contributed by atoms with Crippen molar-refractivity contribution in [2.24, 2.45) is 0 Å². The van der Waals surface area contributed by atoms with Crippen molar-refractivity contribution >= 4 is 57.7 Å². The van der Waals surface area contributed by atoms with Gasteiger partial charge in [-0.25, -0.2) is 4.98 Å². The second-order valence-electron chi connectivity index (χ2n) is 8.51. The van der Waals surface area contributed by atoms with Crippen LogP contribution in [-0.4, -0.2) is 58.7 Å². The van der Waals surface area contributed by atoms with E-state index in [4.69, 9.17) is 28.2 Å². The van der Waals surface area contributed by atoms with Crippen LogP contribution >= 0.6 is 23.8 Å². The molecule has 2 saturated heterocycles. The Morgan fingerprint density at radius 3 is 2.59 bits per heavy atom. The molecule has 0 atom stereocenters. The zero-order chi connectivity index (χ0) is 26.3. The maximum absolute atomic E-state index is 13.0. The van der Waals surface area contributed by atoms with Gasteiger partial charge >= 0.3 is 6.18 Å². The van der Waals surface area contributed by atoms with Crippen LogP contribution in [0.25, 0.3) is 17.0 Å². The van der Waals surface area contributed by atoms with Crippen molar-refractivity contribution in [3.05, 3.63) is 74.9 Å². The van der Waals surface area contributed by atoms with Crippen molar-refractivity contribution in [1.29, 1.82) is 0 Å². The Morgan fingerprint density at radius 1 is 1.16 bits per heavy atom. The Kier molecular flexibility index (Phi) is 6.65. The molecular weight excluding hydrogens is 531 g/mol. The molecule has 1 amide bonds. The smallest absolute Gasteiger partial charge is 0.417 e. The lowest BCUT2D eigenvalue weighted by molar-refractivity contribution is -0.137. The molecule has 13 heteroatoms. The molecule has 8 nitrogen and oxygen atoms in total. The van der Waals surface area contributed by atoms with Gasteiger partial charge in [-0.2, -0.15) is 13.2 Å². The van der Waals surface area contributed by atoms with E-state index in [2.05, 4.69) is 10.3 Å². The molecule has 0 bridgehead atoms. The number of aromatic nitrogens is 1. The topological polar surface area (TPSA) is 81.9 Å². The number of rotatable bonds is 4. The number of nitrogens with zero attached hydrogens (tertiary/aromatic N) is 4. The zero-order valence-corrected chi connectivity index (χ0v) is 20.7. The number of fused-ring (bicyclic) bond motifs is 1. The minimum atomic E-state index is -4.52. The molecule has 3 aromatic rings. The Labute approximate surface area is 218 Å². The predicted octanol–water partition coefficient (Wildman–Crippen LogP) is 3.70. The first-order valence-corrected chi connectivity index (χ1v) is 12.0. The summed E-state index contributed by atoms with van der Waals surface area (Å²) in [6, 6.07) is 7.69. The average Bonchev–Trinajstić information content (AvgIpc) is 3.13. The molecule has 5 rings (SSSR count). The van der Waals surface area contributed by atoms with E-state index >= 15 is 0 Å². The average molecular weight is 550 g/mol. The molecule has 192 valence electrons. The largest absolute Gasteiger partial charge is 0.463 e. The molecule has 0 radical (unpaired) electrons. The third kappa shape index (κ3) is 5.04. The standard InChI is InChI=1S/C24H19ClF3N5O3S/c25-17-10-15(24(26,27)28)11-29-21(17)32-7-5-31(6-8-32)13-33-22(35)18(30-23(33)37)9-14-12-36-19-4-2-1-3-16(19)20(14)34/h1-4,9-12H,5-8,13H2,(H,30,37)/b18-9-. The second-order valence-corrected chi connectivity index (χ2v) is 9.31. The fourth-order valence-corrected chi connectivity index (χ4v) is 4.70. The van der Waals surface area contributed by atoms with Crippen LogP contribution in [0.1, 0.15) is 11.1 Å². The number of piperazine rings is 1. The first-order chi connectivity index (χ1) is 17.6. The Bertz CT molecular complexity index is 1480. The molecule has 2 aliphatic rings. The van der Waals surface area contributed by atoms with Crippen LogP contribution in [0.4, 0.5) is 19.0 Å². The van der Waals surface area contributed by atoms with E-state index in [0.717, 1.165) is 12.3 Å². The number of hydrogen-bond donors (Lipinski definition) is 1. The highest BCUT2D eigenvalue weighted by Gasteiger charge is 2.34. The second kappa shape index (κ2) is 9.77. The summed E-state index contributed by atoms with van der Waals surface area (Å²) in [5.41, 5.74) is -0.344. The molecule has 0 aliphatic carbocycles. The quantitative estimate of drug-likeness (QED) is 0.390. The van der Waals surface area contributed by atoms with E-state index in [0.29, 0.717) is 37.1 Å². The van der Waals surface area contributed by atoms with E-state index in [9.17, 15) is 22.8 Å². The fraction of sp³-hybridized carbons (Fsp3) is 0.250. The Morgan fingerprint density at radius 2 is 1.89 bits per heavy atom. The number of amides is 1. The van der Waals surface area contributed by atoms with Crippen molar-refractivity contribution in [2.45, 2.75) is 6.18 Å². The first kappa shape index (κ1) is 25.2. The van der Waals surface area contributed by atoms with Gasteiger partial charge in [0.2, 0.25) is 0 Å². The first-order valence-electron chi connectivity index (χ1n) is 11.2. The summed E-state index contributed by atoms with van der Waals surface area (Å²) in [5.74, 6) is -0.101. The molecule has 2 fully saturated rings. The van der Waals surface area contributed by atoms with Crippen LogP contribution in [0, 0.1) is 0 Å². The van der Waals surface area contributed by atoms with Crippen molar-refractivity contribution in [1.82, 2.24) is 20.1 Å². The maximum Gasteiger partial charge on any atom is 0.417 e. The number of thiocarbonyl (C=S) groups is 1. The van der Waals surface area contributed by atoms with Gasteiger partial charge in [-0.05, 0) is 36.5 Å². The number of pyridine rings is 1. The minimum absolute atomic E-state index is 0.0729. The minimum Gasteiger partial charge on any atom is -0.463 e. The van der Waals surface area contributed by atoms with Gasteiger partial charge in [0.25, 0.3) is 5.91 Å². The number of para-hydroxylation sites is 1. The van der Waals surface area contributed by atoms with Gasteiger partial charge in [0.05, 0.1) is 28.2 Å². The molecule has 1 N–H and O–H groups in total. The van der Waals surface area contributed by atoms with E-state index < -0.39 is 11.7 Å². The van der Waals surface area contributed by atoms with Crippen LogP contribution in [0.3, 0.4) is 0 Å². The van der Waals surface area contributed by atoms with E-state index in [-0.39, 0.29) is 45.2 Å². The van der Waals surface area contributed by atoms with Crippen molar-refractivity contribution in [3.8, 4) is 0 Å². The summed E-state index contributed by atoms with van der Waals surface area (Å²) in [5, 5.41) is 3.40. The van der Waals surface area contributed by atoms with Crippen LogP contribution in [-0.2, 0) is 11.0 Å². The van der Waals surface area contributed by atoms with E-state index in [1.54, 1.807) is 29.2 Å². The third-order valence-corrected chi connectivity index (χ3v) is 6.73. The number of anilines is 1. The summed E-state index contributed by atoms with van der Waals surface area (Å²) >= 11 is 11.4. The number of halogens is 4. The maximum atomic E-state index is 13.0. The number of benzene rings is 1. The summed E-state index contributed by atoms with van der Waals surface area (Å²) < 4.78 is 44.2. The molecule has 4 heterocycles. The van der Waals surface area contributed by atoms with Crippen molar-refractivity contribution in [3.63, 3.8) is 0 Å². The monoisotopic (exact) mass is 549 g/mol. The molecule has 2 aromatic heterocycles. The van der Waals surface area contributed by atoms with Gasteiger partial charge in [-0.15, -0.1) is 0 Å². The number of hydrogen-bond acceptors (Lipinski definition) is 7. The van der Waals surface area contributed by atoms with Crippen LogP contribution < -0.4 is 15.6 Å². The van der Waals surface area contributed by atoms with Crippen LogP contribution in [0.5, 0.6) is 0 Å². The lowest BCUT2D eigenvalue weighted by Gasteiger charge is -2.37. The Hall–Kier alpha value is -3.48. The highest BCUT2D eigenvalue weighted by atomic mass is 35.5. The van der Waals surface area contributed by atoms with Crippen molar-refractivity contribution in [2.75, 3.05) is 37.7 Å². The van der Waals surface area contributed by atoms with Gasteiger partial charge < -0.3 is 14.6 Å². The summed E-state index contributed by atoms with van der Waals surface area (Å²) in [7, 11) is 0. The van der Waals surface area contributed by atoms with Crippen molar-refractivity contribution < 1.29 is 22.4 Å². The van der Waals surface area contributed by atoms with Crippen LogP contribution in [0.2, 0.25) is 5.02 Å². The molecule has 0 saturated carbocycles. The fourth-order valence-electron chi connectivity index (χ4n) is 4.17. The molecule has 37 heavy (non-hydrogen) atoms. The summed E-state index contributed by atoms with van der Waals surface area (Å²) in [4.78, 5) is 34.9. The van der Waals surface area contributed by atoms with Gasteiger partial charge in [-0.3, -0.25) is 19.4 Å². The molecule has 0 spiro atoms. The number of nitrogens with one attached hydrogen (secondary N) is 1. The zero-order valence-electron chi connectivity index (χ0n) is 19.1. The lowest BCUT2D eigenvalue weighted by Crippen LogP contribution is -2.51. The molecule has 2 aliphatic heterocycles. The molecule has 0 unspecified atom stereocenters. The van der Waals surface area contributed by atoms with Gasteiger partial charge in [-0.1, -0.05) is 23.7 Å². The number of carbonyl (C=O) groups is 1. The van der Waals surface area contributed by atoms with Gasteiger partial charge in [0.15, 0.2) is 10.5 Å². The lowest BCUT2D eigenvalue weighted by atomic mass is 10.1. The normalized spacial score (nSPS) is 18.2. The number of alkyl halides is 3. The molecular formula is C24H19ClF3N5O3S. The number of carbonyl (C=O) groups excluding carboxylic acids is 1. The SMILES string of the molecule is O=C1/C(=C/c2coc3ccccc3c2=O)NC(=S)N1CN1CCN(c2ncc(C(F)(F)F)cc2Cl)CC1. The highest BCUT2D eigenvalue weighted by molar-refractivity contribution is 7.80. The molecule has 1 aromatic carbocycles. The summed E-state index contributed by atoms with van der Waals surface area (Å²) in [6.07, 6.45) is -1.03. The van der Waals surface area contributed by atoms with E-state index in [1.807, 2.05) is 4.90 Å². The predicted molar refractivity (Wildman–Crippen MR) is 136 cm³/mol. The highest BCUT2D eigenvalue weighted by Crippen LogP contribution is 2.33. The summed E-state index contributed by atoms with van der Waals surface area (Å²) in [6.45, 7) is 2.09. The van der Waals surface area contributed by atoms with Gasteiger partial charge in [0.1, 0.15) is 23.4 Å². The van der Waals surface area contributed by atoms with Gasteiger partial charge in [0, 0.05) is 32.4 Å². The third-order valence-electron chi connectivity index (χ3n) is 6.13. The van der Waals surface area contributed by atoms with E-state index in [1.165, 1.54) is 17.2 Å². The van der Waals surface area contributed by atoms with Crippen LogP contribution in [0.15, 0.2) is 57.7 Å².